The van der Waals surface area contributed by atoms with E-state index in [-0.39, 0.29) is 18.4 Å². The van der Waals surface area contributed by atoms with Gasteiger partial charge in [-0.25, -0.2) is 4.79 Å². The van der Waals surface area contributed by atoms with Crippen LogP contribution < -0.4 is 0 Å². The Bertz CT molecular complexity index is 234. The number of rotatable bonds is 5. The zero-order valence-corrected chi connectivity index (χ0v) is 12.1. The number of hydrogen-bond acceptors (Lipinski definition) is 7. The average Bonchev–Trinajstić information content (AvgIpc) is 2.15. The minimum absolute atomic E-state index is 0.00694. The molecule has 0 rings (SSSR count). The predicted molar refractivity (Wildman–Crippen MR) is 71.0 cm³/mol. The molecule has 0 saturated heterocycles. The molecular weight excluding hydrogens is 272 g/mol. The van der Waals surface area contributed by atoms with Crippen molar-refractivity contribution in [1.29, 1.82) is 0 Å². The van der Waals surface area contributed by atoms with Crippen molar-refractivity contribution in [1.82, 2.24) is 0 Å². The Kier molecular flexibility index (Phi) is 14.1. The van der Waals surface area contributed by atoms with Crippen molar-refractivity contribution in [2.24, 2.45) is 0 Å². The predicted octanol–water partition coefficient (Wildman–Crippen LogP) is -0.518. The van der Waals surface area contributed by atoms with E-state index in [0.29, 0.717) is 12.8 Å². The number of hydrogen-bond donors (Lipinski definition) is 7. The van der Waals surface area contributed by atoms with Crippen molar-refractivity contribution in [3.63, 3.8) is 0 Å². The summed E-state index contributed by atoms with van der Waals surface area (Å²) in [6.07, 6.45) is 1.13. The fourth-order valence-electron chi connectivity index (χ4n) is 0.671. The summed E-state index contributed by atoms with van der Waals surface area (Å²) in [5.41, 5.74) is 0.176. The van der Waals surface area contributed by atoms with Gasteiger partial charge in [0.1, 0.15) is 0 Å². The summed E-state index contributed by atoms with van der Waals surface area (Å²) in [5, 5.41) is 56.7. The van der Waals surface area contributed by atoms with Gasteiger partial charge in [-0.3, -0.25) is 0 Å². The van der Waals surface area contributed by atoms with Crippen LogP contribution in [0.25, 0.3) is 0 Å². The molecule has 8 heteroatoms. The summed E-state index contributed by atoms with van der Waals surface area (Å²) in [7, 11) is 0. The van der Waals surface area contributed by atoms with Gasteiger partial charge in [-0.1, -0.05) is 20.4 Å². The van der Waals surface area contributed by atoms with Crippen molar-refractivity contribution in [3.05, 3.63) is 12.2 Å². The van der Waals surface area contributed by atoms with Crippen LogP contribution in [0.2, 0.25) is 0 Å². The lowest BCUT2D eigenvalue weighted by molar-refractivity contribution is -0.315. The summed E-state index contributed by atoms with van der Waals surface area (Å²) >= 11 is 0. The van der Waals surface area contributed by atoms with E-state index in [1.54, 1.807) is 13.8 Å². The van der Waals surface area contributed by atoms with Crippen LogP contribution in [-0.2, 0) is 4.79 Å². The molecular formula is C12H26O8. The van der Waals surface area contributed by atoms with Crippen LogP contribution in [0.1, 0.15) is 46.5 Å². The first-order valence-electron chi connectivity index (χ1n) is 5.99. The molecule has 0 heterocycles. The first-order valence-corrected chi connectivity index (χ1v) is 5.99. The van der Waals surface area contributed by atoms with Crippen molar-refractivity contribution >= 4 is 5.97 Å². The third-order valence-electron chi connectivity index (χ3n) is 1.54. The Balaban J connectivity index is -0.000000218. The Morgan fingerprint density at radius 1 is 0.900 bits per heavy atom. The van der Waals surface area contributed by atoms with E-state index in [1.807, 2.05) is 0 Å². The quantitative estimate of drug-likeness (QED) is 0.264. The lowest BCUT2D eigenvalue weighted by Crippen LogP contribution is -2.26. The standard InChI is InChI=1S/2C4H10O3.C4H6O2/c2*1-2-3-4(5,6)7;1-3(2)4(5)6/h2*5-7H,2-3H2,1H3;1H2,2H3,(H,5,6). The van der Waals surface area contributed by atoms with Crippen LogP contribution in [0.3, 0.4) is 0 Å². The molecule has 20 heavy (non-hydrogen) atoms. The van der Waals surface area contributed by atoms with Crippen LogP contribution in [0.15, 0.2) is 12.2 Å². The maximum Gasteiger partial charge on any atom is 0.330 e. The van der Waals surface area contributed by atoms with Crippen LogP contribution >= 0.6 is 0 Å². The highest BCUT2D eigenvalue weighted by molar-refractivity contribution is 5.84. The molecule has 0 amide bonds. The Morgan fingerprint density at radius 2 is 1.10 bits per heavy atom. The second-order valence-corrected chi connectivity index (χ2v) is 4.13. The number of carboxylic acid groups (broad SMARTS) is 1. The molecule has 0 aliphatic carbocycles. The van der Waals surface area contributed by atoms with E-state index in [0.717, 1.165) is 0 Å². The maximum absolute atomic E-state index is 9.60. The number of aliphatic hydroxyl groups is 6. The molecule has 0 unspecified atom stereocenters. The lowest BCUT2D eigenvalue weighted by atomic mass is 10.3. The third-order valence-corrected chi connectivity index (χ3v) is 1.54. The molecule has 0 atom stereocenters. The zero-order valence-electron chi connectivity index (χ0n) is 12.1. The molecule has 0 aromatic rings. The second-order valence-electron chi connectivity index (χ2n) is 4.13. The minimum atomic E-state index is -2.45. The van der Waals surface area contributed by atoms with Gasteiger partial charge in [-0.05, 0) is 19.8 Å². The normalized spacial score (nSPS) is 10.7. The number of carboxylic acids is 1. The SMILES string of the molecule is C=C(C)C(=O)O.CCCC(O)(O)O.CCCC(O)(O)O. The highest BCUT2D eigenvalue weighted by Crippen LogP contribution is 2.02. The summed E-state index contributed by atoms with van der Waals surface area (Å²) in [6.45, 7) is 8.10. The smallest absolute Gasteiger partial charge is 0.330 e. The molecule has 0 aliphatic heterocycles. The van der Waals surface area contributed by atoms with E-state index in [2.05, 4.69) is 6.58 Å². The molecule has 0 aliphatic rings. The monoisotopic (exact) mass is 298 g/mol. The Morgan fingerprint density at radius 3 is 1.10 bits per heavy atom. The van der Waals surface area contributed by atoms with Gasteiger partial charge < -0.3 is 35.7 Å². The molecule has 122 valence electrons. The first kappa shape index (κ1) is 24.0. The van der Waals surface area contributed by atoms with Crippen LogP contribution in [-0.4, -0.2) is 53.7 Å². The lowest BCUT2D eigenvalue weighted by Gasteiger charge is -2.10. The second kappa shape index (κ2) is 11.8. The van der Waals surface area contributed by atoms with Gasteiger partial charge >= 0.3 is 5.97 Å². The molecule has 0 bridgehead atoms. The van der Waals surface area contributed by atoms with Crippen molar-refractivity contribution < 1.29 is 40.5 Å². The van der Waals surface area contributed by atoms with Crippen molar-refractivity contribution in [3.8, 4) is 0 Å². The molecule has 0 aromatic carbocycles. The summed E-state index contributed by atoms with van der Waals surface area (Å²) < 4.78 is 0. The van der Waals surface area contributed by atoms with E-state index in [4.69, 9.17) is 35.7 Å². The van der Waals surface area contributed by atoms with E-state index in [1.165, 1.54) is 6.92 Å². The molecule has 0 radical (unpaired) electrons. The van der Waals surface area contributed by atoms with Gasteiger partial charge in [0.05, 0.1) is 0 Å². The molecule has 7 N–H and O–H groups in total. The van der Waals surface area contributed by atoms with Crippen molar-refractivity contribution in [2.75, 3.05) is 0 Å². The van der Waals surface area contributed by atoms with E-state index in [9.17, 15) is 4.79 Å². The summed E-state index contributed by atoms with van der Waals surface area (Å²) in [4.78, 5) is 9.60. The highest BCUT2D eigenvalue weighted by Gasteiger charge is 2.15. The Labute approximate surface area is 118 Å². The fraction of sp³-hybridized carbons (Fsp3) is 0.750. The zero-order chi connectivity index (χ0) is 17.0. The van der Waals surface area contributed by atoms with Gasteiger partial charge in [0.15, 0.2) is 0 Å². The van der Waals surface area contributed by atoms with Gasteiger partial charge in [-0.15, -0.1) is 0 Å². The van der Waals surface area contributed by atoms with Crippen LogP contribution in [0, 0.1) is 0 Å². The average molecular weight is 298 g/mol. The van der Waals surface area contributed by atoms with Crippen molar-refractivity contribution in [2.45, 2.75) is 58.4 Å². The van der Waals surface area contributed by atoms with Gasteiger partial charge in [0.25, 0.3) is 11.9 Å². The fourth-order valence-corrected chi connectivity index (χ4v) is 0.671. The van der Waals surface area contributed by atoms with E-state index >= 15 is 0 Å². The molecule has 0 saturated carbocycles. The molecule has 0 fully saturated rings. The topological polar surface area (TPSA) is 159 Å². The van der Waals surface area contributed by atoms with Gasteiger partial charge in [-0.2, -0.15) is 0 Å². The first-order chi connectivity index (χ1) is 8.76. The third kappa shape index (κ3) is 36.0. The maximum atomic E-state index is 9.60. The minimum Gasteiger partial charge on any atom is -0.478 e. The van der Waals surface area contributed by atoms with E-state index < -0.39 is 17.9 Å². The van der Waals surface area contributed by atoms with Gasteiger partial charge in [0, 0.05) is 18.4 Å². The number of carbonyl (C=O) groups is 1. The molecule has 0 spiro atoms. The summed E-state index contributed by atoms with van der Waals surface area (Å²) in [5.74, 6) is -5.83. The largest absolute Gasteiger partial charge is 0.478 e. The summed E-state index contributed by atoms with van der Waals surface area (Å²) in [6, 6.07) is 0. The highest BCUT2D eigenvalue weighted by atomic mass is 16.7. The van der Waals surface area contributed by atoms with Crippen LogP contribution in [0.5, 0.6) is 0 Å². The Hall–Kier alpha value is -1.03. The molecule has 8 nitrogen and oxygen atoms in total. The molecule has 0 aromatic heterocycles. The van der Waals surface area contributed by atoms with Gasteiger partial charge in [0.2, 0.25) is 0 Å². The van der Waals surface area contributed by atoms with Crippen LogP contribution in [0.4, 0.5) is 0 Å². The number of aliphatic carboxylic acids is 1.